The summed E-state index contributed by atoms with van der Waals surface area (Å²) >= 11 is 0. The largest absolute Gasteiger partial charge is 0.497 e. The van der Waals surface area contributed by atoms with E-state index in [1.807, 2.05) is 20.8 Å². The van der Waals surface area contributed by atoms with Crippen LogP contribution in [-0.2, 0) is 14.8 Å². The van der Waals surface area contributed by atoms with Crippen molar-refractivity contribution in [3.63, 3.8) is 0 Å². The lowest BCUT2D eigenvalue weighted by molar-refractivity contribution is -0.121. The van der Waals surface area contributed by atoms with Crippen molar-refractivity contribution in [2.24, 2.45) is 5.41 Å². The van der Waals surface area contributed by atoms with Crippen molar-refractivity contribution < 1.29 is 17.9 Å². The SMILES string of the molecule is CNC(CC(C)(C)C)C(=O)NS(=O)(=O)c1cccc(OC)c1. The zero-order chi connectivity index (χ0) is 17.0. The van der Waals surface area contributed by atoms with Crippen LogP contribution in [0.3, 0.4) is 0 Å². The molecule has 0 aliphatic heterocycles. The summed E-state index contributed by atoms with van der Waals surface area (Å²) in [5, 5.41) is 2.85. The van der Waals surface area contributed by atoms with Crippen LogP contribution in [0.5, 0.6) is 5.75 Å². The molecule has 0 spiro atoms. The molecule has 1 amide bonds. The number of sulfonamides is 1. The summed E-state index contributed by atoms with van der Waals surface area (Å²) in [4.78, 5) is 12.2. The highest BCUT2D eigenvalue weighted by Gasteiger charge is 2.27. The van der Waals surface area contributed by atoms with Crippen molar-refractivity contribution in [1.29, 1.82) is 0 Å². The maximum Gasteiger partial charge on any atom is 0.264 e. The predicted octanol–water partition coefficient (Wildman–Crippen LogP) is 1.52. The Labute approximate surface area is 132 Å². The Morgan fingerprint density at radius 1 is 1.32 bits per heavy atom. The van der Waals surface area contributed by atoms with Gasteiger partial charge in [0.05, 0.1) is 18.0 Å². The number of amides is 1. The molecule has 1 rings (SSSR count). The van der Waals surface area contributed by atoms with Crippen molar-refractivity contribution in [1.82, 2.24) is 10.0 Å². The molecule has 124 valence electrons. The van der Waals surface area contributed by atoms with E-state index in [0.29, 0.717) is 12.2 Å². The highest BCUT2D eigenvalue weighted by molar-refractivity contribution is 7.90. The highest BCUT2D eigenvalue weighted by atomic mass is 32.2. The molecule has 0 saturated heterocycles. The molecule has 0 radical (unpaired) electrons. The number of ether oxygens (including phenoxy) is 1. The predicted molar refractivity (Wildman–Crippen MR) is 85.2 cm³/mol. The molecule has 1 aromatic carbocycles. The Hall–Kier alpha value is -1.60. The van der Waals surface area contributed by atoms with Crippen LogP contribution < -0.4 is 14.8 Å². The Morgan fingerprint density at radius 3 is 2.45 bits per heavy atom. The monoisotopic (exact) mass is 328 g/mol. The summed E-state index contributed by atoms with van der Waals surface area (Å²) < 4.78 is 31.7. The molecule has 6 nitrogen and oxygen atoms in total. The molecule has 22 heavy (non-hydrogen) atoms. The van der Waals surface area contributed by atoms with Gasteiger partial charge in [0.1, 0.15) is 5.75 Å². The van der Waals surface area contributed by atoms with E-state index in [-0.39, 0.29) is 10.3 Å². The fraction of sp³-hybridized carbons (Fsp3) is 0.533. The summed E-state index contributed by atoms with van der Waals surface area (Å²) in [6.07, 6.45) is 0.517. The molecule has 0 aromatic heterocycles. The maximum atomic E-state index is 12.3. The van der Waals surface area contributed by atoms with Crippen molar-refractivity contribution >= 4 is 15.9 Å². The Balaban J connectivity index is 2.93. The first kappa shape index (κ1) is 18.4. The van der Waals surface area contributed by atoms with Crippen molar-refractivity contribution in [2.75, 3.05) is 14.2 Å². The quantitative estimate of drug-likeness (QED) is 0.827. The summed E-state index contributed by atoms with van der Waals surface area (Å²) in [7, 11) is -0.840. The smallest absolute Gasteiger partial charge is 0.264 e. The first-order chi connectivity index (χ1) is 10.1. The number of carbonyl (C=O) groups excluding carboxylic acids is 1. The van der Waals surface area contributed by atoms with Gasteiger partial charge in [0.15, 0.2) is 0 Å². The van der Waals surface area contributed by atoms with Gasteiger partial charge in [0, 0.05) is 6.07 Å². The lowest BCUT2D eigenvalue weighted by Crippen LogP contribution is -2.46. The lowest BCUT2D eigenvalue weighted by atomic mass is 9.88. The molecular formula is C15H24N2O4S. The van der Waals surface area contributed by atoms with Gasteiger partial charge in [-0.05, 0) is 31.0 Å². The van der Waals surface area contributed by atoms with E-state index >= 15 is 0 Å². The van der Waals surface area contributed by atoms with E-state index in [9.17, 15) is 13.2 Å². The molecule has 7 heteroatoms. The van der Waals surface area contributed by atoms with Crippen molar-refractivity contribution in [3.05, 3.63) is 24.3 Å². The zero-order valence-corrected chi connectivity index (χ0v) is 14.5. The molecule has 0 aliphatic rings. The zero-order valence-electron chi connectivity index (χ0n) is 13.6. The first-order valence-electron chi connectivity index (χ1n) is 6.97. The molecule has 0 bridgehead atoms. The number of benzene rings is 1. The van der Waals surface area contributed by atoms with Gasteiger partial charge in [-0.3, -0.25) is 4.79 Å². The standard InChI is InChI=1S/C15H24N2O4S/c1-15(2,3)10-13(16-4)14(18)17-22(19,20)12-8-6-7-11(9-12)21-5/h6-9,13,16H,10H2,1-5H3,(H,17,18). The number of likely N-dealkylation sites (N-methyl/N-ethyl adjacent to an activating group) is 1. The molecule has 1 unspecified atom stereocenters. The minimum Gasteiger partial charge on any atom is -0.497 e. The molecular weight excluding hydrogens is 304 g/mol. The normalized spacial score (nSPS) is 13.5. The Kier molecular flexibility index (Phi) is 5.96. The van der Waals surface area contributed by atoms with E-state index in [1.165, 1.54) is 19.2 Å². The number of hydrogen-bond acceptors (Lipinski definition) is 5. The number of rotatable bonds is 6. The van der Waals surface area contributed by atoms with Crippen LogP contribution in [0, 0.1) is 5.41 Å². The van der Waals surface area contributed by atoms with Gasteiger partial charge in [0.2, 0.25) is 0 Å². The topological polar surface area (TPSA) is 84.5 Å². The second-order valence-electron chi connectivity index (χ2n) is 6.25. The van der Waals surface area contributed by atoms with E-state index < -0.39 is 22.0 Å². The van der Waals surface area contributed by atoms with Crippen LogP contribution >= 0.6 is 0 Å². The molecule has 0 aliphatic carbocycles. The average Bonchev–Trinajstić information content (AvgIpc) is 2.43. The number of methoxy groups -OCH3 is 1. The van der Waals surface area contributed by atoms with Gasteiger partial charge < -0.3 is 10.1 Å². The lowest BCUT2D eigenvalue weighted by Gasteiger charge is -2.24. The van der Waals surface area contributed by atoms with Gasteiger partial charge in [0.25, 0.3) is 15.9 Å². The second kappa shape index (κ2) is 7.11. The summed E-state index contributed by atoms with van der Waals surface area (Å²) in [6, 6.07) is 5.39. The van der Waals surface area contributed by atoms with E-state index in [0.717, 1.165) is 0 Å². The third-order valence-corrected chi connectivity index (χ3v) is 4.41. The van der Waals surface area contributed by atoms with Gasteiger partial charge in [-0.15, -0.1) is 0 Å². The van der Waals surface area contributed by atoms with Gasteiger partial charge in [-0.1, -0.05) is 26.8 Å². The fourth-order valence-electron chi connectivity index (χ4n) is 1.97. The van der Waals surface area contributed by atoms with Gasteiger partial charge in [-0.25, -0.2) is 13.1 Å². The van der Waals surface area contributed by atoms with E-state index in [1.54, 1.807) is 19.2 Å². The Morgan fingerprint density at radius 2 is 1.95 bits per heavy atom. The number of hydrogen-bond donors (Lipinski definition) is 2. The van der Waals surface area contributed by atoms with Crippen LogP contribution in [0.25, 0.3) is 0 Å². The van der Waals surface area contributed by atoms with Crippen LogP contribution in [0.15, 0.2) is 29.2 Å². The van der Waals surface area contributed by atoms with Gasteiger partial charge >= 0.3 is 0 Å². The fourth-order valence-corrected chi connectivity index (χ4v) is 3.02. The minimum absolute atomic E-state index is 0.00851. The Bertz CT molecular complexity index is 621. The van der Waals surface area contributed by atoms with E-state index in [2.05, 4.69) is 10.0 Å². The molecule has 0 heterocycles. The third-order valence-electron chi connectivity index (χ3n) is 3.07. The minimum atomic E-state index is -3.92. The van der Waals surface area contributed by atoms with Crippen molar-refractivity contribution in [2.45, 2.75) is 38.1 Å². The van der Waals surface area contributed by atoms with Crippen LogP contribution in [-0.4, -0.2) is 34.5 Å². The van der Waals surface area contributed by atoms with Crippen LogP contribution in [0.4, 0.5) is 0 Å². The average molecular weight is 328 g/mol. The summed E-state index contributed by atoms with van der Waals surface area (Å²) in [5.74, 6) is -0.157. The number of carbonyl (C=O) groups is 1. The van der Waals surface area contributed by atoms with Crippen molar-refractivity contribution in [3.8, 4) is 5.75 Å². The summed E-state index contributed by atoms with van der Waals surface area (Å²) in [6.45, 7) is 5.96. The summed E-state index contributed by atoms with van der Waals surface area (Å²) in [5.41, 5.74) is -0.106. The molecule has 1 atom stereocenters. The van der Waals surface area contributed by atoms with Crippen LogP contribution in [0.2, 0.25) is 0 Å². The van der Waals surface area contributed by atoms with Crippen LogP contribution in [0.1, 0.15) is 27.2 Å². The van der Waals surface area contributed by atoms with Gasteiger partial charge in [-0.2, -0.15) is 0 Å². The number of nitrogens with one attached hydrogen (secondary N) is 2. The second-order valence-corrected chi connectivity index (χ2v) is 7.94. The highest BCUT2D eigenvalue weighted by Crippen LogP contribution is 2.21. The maximum absolute atomic E-state index is 12.3. The van der Waals surface area contributed by atoms with E-state index in [4.69, 9.17) is 4.74 Å². The molecule has 2 N–H and O–H groups in total. The molecule has 0 saturated carbocycles. The first-order valence-corrected chi connectivity index (χ1v) is 8.45. The molecule has 0 fully saturated rings. The molecule has 1 aromatic rings. The third kappa shape index (κ3) is 5.31.